The first kappa shape index (κ1) is 14.5. The van der Waals surface area contributed by atoms with E-state index in [0.29, 0.717) is 5.56 Å². The molecule has 0 atom stereocenters. The molecule has 0 radical (unpaired) electrons. The maximum atomic E-state index is 12.1. The lowest BCUT2D eigenvalue weighted by Crippen LogP contribution is -2.40. The molecule has 1 fully saturated rings. The minimum Gasteiger partial charge on any atom is -0.417 e. The van der Waals surface area contributed by atoms with Gasteiger partial charge in [0, 0.05) is 24.8 Å². The van der Waals surface area contributed by atoms with Crippen molar-refractivity contribution in [2.75, 3.05) is 0 Å². The molecular weight excluding hydrogens is 268 g/mol. The van der Waals surface area contributed by atoms with Crippen LogP contribution in [0.25, 0.3) is 0 Å². The van der Waals surface area contributed by atoms with Crippen molar-refractivity contribution in [3.63, 3.8) is 0 Å². The number of aromatic nitrogens is 1. The largest absolute Gasteiger partial charge is 0.417 e. The van der Waals surface area contributed by atoms with Crippen LogP contribution >= 0.6 is 0 Å². The summed E-state index contributed by atoms with van der Waals surface area (Å²) in [5.41, 5.74) is 0.650. The number of halogens is 2. The van der Waals surface area contributed by atoms with Crippen LogP contribution < -0.4 is 15.4 Å². The molecule has 0 saturated heterocycles. The Morgan fingerprint density at radius 2 is 2.20 bits per heavy atom. The Balaban J connectivity index is 1.79. The third-order valence-corrected chi connectivity index (χ3v) is 3.15. The number of urea groups is 1. The molecule has 0 unspecified atom stereocenters. The van der Waals surface area contributed by atoms with Crippen LogP contribution in [0.2, 0.25) is 0 Å². The van der Waals surface area contributed by atoms with E-state index < -0.39 is 6.61 Å². The van der Waals surface area contributed by atoms with Gasteiger partial charge in [0.15, 0.2) is 0 Å². The highest BCUT2D eigenvalue weighted by atomic mass is 19.3. The minimum absolute atomic E-state index is 0.157. The number of alkyl halides is 2. The minimum atomic E-state index is -2.91. The van der Waals surface area contributed by atoms with Crippen molar-refractivity contribution < 1.29 is 18.3 Å². The zero-order chi connectivity index (χ0) is 14.4. The standard InChI is InChI=1S/C13H17F2N3O2/c14-12(15)20-11-7-9(5-6-16-11)8-17-13(19)18-10-3-1-2-4-10/h5-7,10,12H,1-4,8H2,(H2,17,18,19). The zero-order valence-corrected chi connectivity index (χ0v) is 10.9. The summed E-state index contributed by atoms with van der Waals surface area (Å²) in [5.74, 6) is -0.157. The van der Waals surface area contributed by atoms with Gasteiger partial charge in [-0.05, 0) is 24.5 Å². The molecule has 20 heavy (non-hydrogen) atoms. The van der Waals surface area contributed by atoms with Gasteiger partial charge < -0.3 is 15.4 Å². The molecule has 1 aliphatic rings. The summed E-state index contributed by atoms with van der Waals surface area (Å²) >= 11 is 0. The number of amides is 2. The highest BCUT2D eigenvalue weighted by Crippen LogP contribution is 2.17. The van der Waals surface area contributed by atoms with E-state index in [1.54, 1.807) is 6.07 Å². The molecule has 110 valence electrons. The van der Waals surface area contributed by atoms with Crippen LogP contribution in [0.1, 0.15) is 31.2 Å². The first-order chi connectivity index (χ1) is 9.63. The summed E-state index contributed by atoms with van der Waals surface area (Å²) in [4.78, 5) is 15.3. The van der Waals surface area contributed by atoms with Crippen molar-refractivity contribution in [2.45, 2.75) is 44.9 Å². The van der Waals surface area contributed by atoms with Gasteiger partial charge in [-0.3, -0.25) is 0 Å². The summed E-state index contributed by atoms with van der Waals surface area (Å²) in [7, 11) is 0. The molecule has 0 aliphatic heterocycles. The Hall–Kier alpha value is -1.92. The topological polar surface area (TPSA) is 63.2 Å². The molecule has 1 saturated carbocycles. The van der Waals surface area contributed by atoms with E-state index in [0.717, 1.165) is 25.7 Å². The van der Waals surface area contributed by atoms with Crippen LogP contribution in [0.15, 0.2) is 18.3 Å². The lowest BCUT2D eigenvalue weighted by Gasteiger charge is -2.13. The van der Waals surface area contributed by atoms with Crippen molar-refractivity contribution in [3.05, 3.63) is 23.9 Å². The van der Waals surface area contributed by atoms with Crippen LogP contribution in [0.3, 0.4) is 0 Å². The number of carbonyl (C=O) groups is 1. The Labute approximate surface area is 115 Å². The van der Waals surface area contributed by atoms with Crippen molar-refractivity contribution in [1.29, 1.82) is 0 Å². The van der Waals surface area contributed by atoms with Crippen LogP contribution in [-0.2, 0) is 6.54 Å². The molecule has 2 N–H and O–H groups in total. The van der Waals surface area contributed by atoms with E-state index in [9.17, 15) is 13.6 Å². The predicted octanol–water partition coefficient (Wildman–Crippen LogP) is 2.42. The van der Waals surface area contributed by atoms with E-state index in [-0.39, 0.29) is 24.5 Å². The van der Waals surface area contributed by atoms with Crippen LogP contribution in [0.4, 0.5) is 13.6 Å². The maximum Gasteiger partial charge on any atom is 0.388 e. The number of rotatable bonds is 5. The summed E-state index contributed by atoms with van der Waals surface area (Å²) in [5, 5.41) is 5.56. The normalized spacial score (nSPS) is 15.3. The summed E-state index contributed by atoms with van der Waals surface area (Å²) < 4.78 is 28.3. The second-order valence-electron chi connectivity index (χ2n) is 4.69. The number of carbonyl (C=O) groups excluding carboxylic acids is 1. The van der Waals surface area contributed by atoms with E-state index in [2.05, 4.69) is 20.4 Å². The van der Waals surface area contributed by atoms with Crippen LogP contribution in [-0.4, -0.2) is 23.7 Å². The summed E-state index contributed by atoms with van der Waals surface area (Å²) in [6.45, 7) is -2.67. The molecule has 0 bridgehead atoms. The van der Waals surface area contributed by atoms with Crippen LogP contribution in [0, 0.1) is 0 Å². The van der Waals surface area contributed by atoms with Crippen LogP contribution in [0.5, 0.6) is 5.88 Å². The Morgan fingerprint density at radius 3 is 2.90 bits per heavy atom. The van der Waals surface area contributed by atoms with Gasteiger partial charge in [-0.2, -0.15) is 8.78 Å². The number of nitrogens with one attached hydrogen (secondary N) is 2. The van der Waals surface area contributed by atoms with Gasteiger partial charge in [0.25, 0.3) is 0 Å². The van der Waals surface area contributed by atoms with E-state index in [1.165, 1.54) is 12.3 Å². The lowest BCUT2D eigenvalue weighted by molar-refractivity contribution is -0.0528. The molecule has 1 aromatic rings. The van der Waals surface area contributed by atoms with Gasteiger partial charge in [-0.25, -0.2) is 9.78 Å². The molecule has 1 heterocycles. The maximum absolute atomic E-state index is 12.1. The molecule has 5 nitrogen and oxygen atoms in total. The number of nitrogens with zero attached hydrogens (tertiary/aromatic N) is 1. The molecule has 1 aromatic heterocycles. The average Bonchev–Trinajstić information content (AvgIpc) is 2.89. The van der Waals surface area contributed by atoms with Gasteiger partial charge in [-0.15, -0.1) is 0 Å². The average molecular weight is 285 g/mol. The third kappa shape index (κ3) is 4.64. The molecule has 0 spiro atoms. The highest BCUT2D eigenvalue weighted by molar-refractivity contribution is 5.74. The van der Waals surface area contributed by atoms with E-state index in [1.807, 2.05) is 0 Å². The second-order valence-corrected chi connectivity index (χ2v) is 4.69. The first-order valence-corrected chi connectivity index (χ1v) is 6.57. The Morgan fingerprint density at radius 1 is 1.45 bits per heavy atom. The molecular formula is C13H17F2N3O2. The van der Waals surface area contributed by atoms with Gasteiger partial charge in [0.1, 0.15) is 0 Å². The number of hydrogen-bond acceptors (Lipinski definition) is 3. The monoisotopic (exact) mass is 285 g/mol. The zero-order valence-electron chi connectivity index (χ0n) is 10.9. The number of pyridine rings is 1. The van der Waals surface area contributed by atoms with E-state index >= 15 is 0 Å². The highest BCUT2D eigenvalue weighted by Gasteiger charge is 2.16. The molecule has 2 rings (SSSR count). The Bertz CT molecular complexity index is 451. The fourth-order valence-corrected chi connectivity index (χ4v) is 2.21. The lowest BCUT2D eigenvalue weighted by atomic mass is 10.2. The van der Waals surface area contributed by atoms with Gasteiger partial charge in [0.2, 0.25) is 5.88 Å². The summed E-state index contributed by atoms with van der Waals surface area (Å²) in [6, 6.07) is 3.01. The molecule has 1 aliphatic carbocycles. The van der Waals surface area contributed by atoms with Gasteiger partial charge in [-0.1, -0.05) is 12.8 Å². The van der Waals surface area contributed by atoms with Gasteiger partial charge >= 0.3 is 12.6 Å². The fourth-order valence-electron chi connectivity index (χ4n) is 2.21. The predicted molar refractivity (Wildman–Crippen MR) is 68.5 cm³/mol. The SMILES string of the molecule is O=C(NCc1ccnc(OC(F)F)c1)NC1CCCC1. The first-order valence-electron chi connectivity index (χ1n) is 6.57. The molecule has 0 aromatic carbocycles. The quantitative estimate of drug-likeness (QED) is 0.873. The van der Waals surface area contributed by atoms with Crippen molar-refractivity contribution in [1.82, 2.24) is 15.6 Å². The molecule has 7 heteroatoms. The second kappa shape index (κ2) is 7.02. The van der Waals surface area contributed by atoms with Crippen molar-refractivity contribution >= 4 is 6.03 Å². The molecule has 2 amide bonds. The van der Waals surface area contributed by atoms with Crippen molar-refractivity contribution in [3.8, 4) is 5.88 Å². The Kier molecular flexibility index (Phi) is 5.09. The number of ether oxygens (including phenoxy) is 1. The third-order valence-electron chi connectivity index (χ3n) is 3.15. The van der Waals surface area contributed by atoms with Gasteiger partial charge in [0.05, 0.1) is 0 Å². The fraction of sp³-hybridized carbons (Fsp3) is 0.538. The number of hydrogen-bond donors (Lipinski definition) is 2. The van der Waals surface area contributed by atoms with E-state index in [4.69, 9.17) is 0 Å². The van der Waals surface area contributed by atoms with Crippen molar-refractivity contribution in [2.24, 2.45) is 0 Å². The smallest absolute Gasteiger partial charge is 0.388 e. The summed E-state index contributed by atoms with van der Waals surface area (Å²) in [6.07, 6.45) is 5.67.